The molecule has 1 N–H and O–H groups in total. The van der Waals surface area contributed by atoms with E-state index in [1.54, 1.807) is 12.3 Å². The minimum atomic E-state index is -0.436. The molecule has 2 aromatic carbocycles. The van der Waals surface area contributed by atoms with E-state index in [-0.39, 0.29) is 11.5 Å². The van der Waals surface area contributed by atoms with Crippen molar-refractivity contribution in [2.75, 3.05) is 5.32 Å². The fraction of sp³-hybridized carbons (Fsp3) is 0. The minimum Gasteiger partial charge on any atom is -0.321 e. The molecule has 98 valence electrons. The molecule has 0 aliphatic heterocycles. The molecule has 1 amide bonds. The number of benzene rings is 2. The van der Waals surface area contributed by atoms with Gasteiger partial charge >= 0.3 is 0 Å². The van der Waals surface area contributed by atoms with Gasteiger partial charge in [0.1, 0.15) is 5.82 Å². The van der Waals surface area contributed by atoms with Gasteiger partial charge in [-0.3, -0.25) is 9.78 Å². The molecule has 3 rings (SSSR count). The number of carbonyl (C=O) groups excluding carboxylic acids is 1. The molecular formula is C16H11FN2O. The van der Waals surface area contributed by atoms with Crippen LogP contribution in [0.25, 0.3) is 10.9 Å². The molecule has 3 aromatic rings. The fourth-order valence-corrected chi connectivity index (χ4v) is 1.97. The molecule has 0 aliphatic carbocycles. The maximum atomic E-state index is 13.1. The zero-order valence-electron chi connectivity index (χ0n) is 10.5. The Bertz CT molecular complexity index is 786. The van der Waals surface area contributed by atoms with Crippen molar-refractivity contribution in [1.29, 1.82) is 0 Å². The van der Waals surface area contributed by atoms with Crippen LogP contribution in [0, 0.1) is 5.82 Å². The number of anilines is 1. The molecule has 20 heavy (non-hydrogen) atoms. The lowest BCUT2D eigenvalue weighted by Crippen LogP contribution is -2.12. The molecule has 0 saturated heterocycles. The lowest BCUT2D eigenvalue weighted by atomic mass is 10.2. The highest BCUT2D eigenvalue weighted by atomic mass is 19.1. The quantitative estimate of drug-likeness (QED) is 0.769. The Hall–Kier alpha value is -2.75. The first kappa shape index (κ1) is 12.3. The van der Waals surface area contributed by atoms with E-state index in [1.807, 2.05) is 30.3 Å². The second kappa shape index (κ2) is 5.09. The predicted octanol–water partition coefficient (Wildman–Crippen LogP) is 3.63. The van der Waals surface area contributed by atoms with Crippen LogP contribution in [0.2, 0.25) is 0 Å². The van der Waals surface area contributed by atoms with E-state index in [2.05, 4.69) is 10.3 Å². The summed E-state index contributed by atoms with van der Waals surface area (Å²) in [5.74, 6) is -0.795. The van der Waals surface area contributed by atoms with Crippen LogP contribution in [0.5, 0.6) is 0 Å². The number of hydrogen-bond donors (Lipinski definition) is 1. The first-order valence-corrected chi connectivity index (χ1v) is 6.14. The molecule has 0 fully saturated rings. The number of hydrogen-bond acceptors (Lipinski definition) is 2. The SMILES string of the molecule is O=C(Nc1cnc2ccccc2c1)c1cccc(F)c1. The molecule has 4 heteroatoms. The third-order valence-corrected chi connectivity index (χ3v) is 2.94. The summed E-state index contributed by atoms with van der Waals surface area (Å²) >= 11 is 0. The molecule has 0 atom stereocenters. The van der Waals surface area contributed by atoms with Crippen molar-refractivity contribution >= 4 is 22.5 Å². The average Bonchev–Trinajstić information content (AvgIpc) is 2.47. The first-order chi connectivity index (χ1) is 9.72. The molecule has 1 aromatic heterocycles. The van der Waals surface area contributed by atoms with Crippen molar-refractivity contribution in [2.45, 2.75) is 0 Å². The Morgan fingerprint density at radius 2 is 1.90 bits per heavy atom. The van der Waals surface area contributed by atoms with Crippen molar-refractivity contribution in [1.82, 2.24) is 4.98 Å². The van der Waals surface area contributed by atoms with E-state index in [0.29, 0.717) is 5.69 Å². The van der Waals surface area contributed by atoms with Gasteiger partial charge in [-0.2, -0.15) is 0 Å². The molecule has 0 bridgehead atoms. The van der Waals surface area contributed by atoms with Crippen LogP contribution in [0.3, 0.4) is 0 Å². The normalized spacial score (nSPS) is 10.4. The molecule has 1 heterocycles. The van der Waals surface area contributed by atoms with Crippen LogP contribution in [-0.2, 0) is 0 Å². The standard InChI is InChI=1S/C16H11FN2O/c17-13-6-3-5-12(8-13)16(20)19-14-9-11-4-1-2-7-15(11)18-10-14/h1-10H,(H,19,20). The monoisotopic (exact) mass is 266 g/mol. The van der Waals surface area contributed by atoms with E-state index < -0.39 is 5.82 Å². The molecule has 0 aliphatic rings. The Morgan fingerprint density at radius 1 is 1.05 bits per heavy atom. The van der Waals surface area contributed by atoms with E-state index >= 15 is 0 Å². The van der Waals surface area contributed by atoms with Crippen LogP contribution in [0.1, 0.15) is 10.4 Å². The highest BCUT2D eigenvalue weighted by Crippen LogP contribution is 2.17. The summed E-state index contributed by atoms with van der Waals surface area (Å²) in [5.41, 5.74) is 1.72. The number of halogens is 1. The van der Waals surface area contributed by atoms with Crippen molar-refractivity contribution in [3.63, 3.8) is 0 Å². The maximum Gasteiger partial charge on any atom is 0.255 e. The molecular weight excluding hydrogens is 255 g/mol. The van der Waals surface area contributed by atoms with Crippen molar-refractivity contribution in [3.8, 4) is 0 Å². The van der Waals surface area contributed by atoms with Crippen LogP contribution in [0.15, 0.2) is 60.8 Å². The number of para-hydroxylation sites is 1. The summed E-state index contributed by atoms with van der Waals surface area (Å²) in [4.78, 5) is 16.3. The van der Waals surface area contributed by atoms with E-state index in [0.717, 1.165) is 10.9 Å². The van der Waals surface area contributed by atoms with Gasteiger partial charge in [0, 0.05) is 10.9 Å². The van der Waals surface area contributed by atoms with Crippen LogP contribution < -0.4 is 5.32 Å². The van der Waals surface area contributed by atoms with Crippen LogP contribution in [0.4, 0.5) is 10.1 Å². The lowest BCUT2D eigenvalue weighted by Gasteiger charge is -2.06. The van der Waals surface area contributed by atoms with E-state index in [9.17, 15) is 9.18 Å². The molecule has 0 unspecified atom stereocenters. The molecule has 0 radical (unpaired) electrons. The van der Waals surface area contributed by atoms with Gasteiger partial charge in [0.05, 0.1) is 17.4 Å². The maximum absolute atomic E-state index is 13.1. The van der Waals surface area contributed by atoms with Gasteiger partial charge in [-0.25, -0.2) is 4.39 Å². The van der Waals surface area contributed by atoms with Gasteiger partial charge in [-0.1, -0.05) is 24.3 Å². The summed E-state index contributed by atoms with van der Waals surface area (Å²) in [7, 11) is 0. The Labute approximate surface area is 115 Å². The smallest absolute Gasteiger partial charge is 0.255 e. The summed E-state index contributed by atoms with van der Waals surface area (Å²) in [6.07, 6.45) is 1.58. The molecule has 3 nitrogen and oxygen atoms in total. The fourth-order valence-electron chi connectivity index (χ4n) is 1.97. The second-order valence-electron chi connectivity index (χ2n) is 4.38. The molecule has 0 spiro atoms. The average molecular weight is 266 g/mol. The number of amides is 1. The zero-order valence-corrected chi connectivity index (χ0v) is 10.5. The van der Waals surface area contributed by atoms with Gasteiger partial charge in [0.2, 0.25) is 0 Å². The van der Waals surface area contributed by atoms with Crippen molar-refractivity contribution in [2.24, 2.45) is 0 Å². The number of carbonyl (C=O) groups is 1. The Balaban J connectivity index is 1.87. The number of nitrogens with zero attached hydrogens (tertiary/aromatic N) is 1. The first-order valence-electron chi connectivity index (χ1n) is 6.14. The van der Waals surface area contributed by atoms with Crippen LogP contribution in [-0.4, -0.2) is 10.9 Å². The number of rotatable bonds is 2. The summed E-state index contributed by atoms with van der Waals surface area (Å²) in [6, 6.07) is 15.0. The second-order valence-corrected chi connectivity index (χ2v) is 4.38. The third kappa shape index (κ3) is 2.49. The third-order valence-electron chi connectivity index (χ3n) is 2.94. The highest BCUT2D eigenvalue weighted by Gasteiger charge is 2.07. The Kier molecular flexibility index (Phi) is 3.13. The topological polar surface area (TPSA) is 42.0 Å². The molecule has 0 saturated carbocycles. The summed E-state index contributed by atoms with van der Waals surface area (Å²) in [5, 5.41) is 3.64. The number of nitrogens with one attached hydrogen (secondary N) is 1. The minimum absolute atomic E-state index is 0.276. The number of aromatic nitrogens is 1. The van der Waals surface area contributed by atoms with Crippen LogP contribution >= 0.6 is 0 Å². The van der Waals surface area contributed by atoms with Gasteiger partial charge in [-0.05, 0) is 30.3 Å². The zero-order chi connectivity index (χ0) is 13.9. The predicted molar refractivity (Wildman–Crippen MR) is 76.1 cm³/mol. The van der Waals surface area contributed by atoms with Gasteiger partial charge in [0.15, 0.2) is 0 Å². The summed E-state index contributed by atoms with van der Waals surface area (Å²) in [6.45, 7) is 0. The Morgan fingerprint density at radius 3 is 2.75 bits per heavy atom. The number of fused-ring (bicyclic) bond motifs is 1. The van der Waals surface area contributed by atoms with Gasteiger partial charge in [-0.15, -0.1) is 0 Å². The summed E-state index contributed by atoms with van der Waals surface area (Å²) < 4.78 is 13.1. The number of pyridine rings is 1. The van der Waals surface area contributed by atoms with Crippen molar-refractivity contribution in [3.05, 3.63) is 72.2 Å². The van der Waals surface area contributed by atoms with Gasteiger partial charge < -0.3 is 5.32 Å². The van der Waals surface area contributed by atoms with E-state index in [1.165, 1.54) is 18.2 Å². The highest BCUT2D eigenvalue weighted by molar-refractivity contribution is 6.04. The largest absolute Gasteiger partial charge is 0.321 e. The van der Waals surface area contributed by atoms with E-state index in [4.69, 9.17) is 0 Å². The lowest BCUT2D eigenvalue weighted by molar-refractivity contribution is 0.102. The van der Waals surface area contributed by atoms with Gasteiger partial charge in [0.25, 0.3) is 5.91 Å². The van der Waals surface area contributed by atoms with Crippen molar-refractivity contribution < 1.29 is 9.18 Å².